The van der Waals surface area contributed by atoms with Crippen LogP contribution in [-0.2, 0) is 4.79 Å². The Kier molecular flexibility index (Phi) is 5.24. The smallest absolute Gasteiger partial charge is 0.305 e. The van der Waals surface area contributed by atoms with Crippen LogP contribution in [0.5, 0.6) is 11.5 Å². The Balaban J connectivity index is 2.27. The number of carbonyl (C=O) groups is 2. The Labute approximate surface area is 133 Å². The van der Waals surface area contributed by atoms with Crippen LogP contribution in [0.2, 0.25) is 0 Å². The van der Waals surface area contributed by atoms with Crippen LogP contribution >= 0.6 is 0 Å². The molecular formula is C16H18N2O5. The molecule has 7 nitrogen and oxygen atoms in total. The van der Waals surface area contributed by atoms with Crippen LogP contribution in [-0.4, -0.2) is 36.2 Å². The summed E-state index contributed by atoms with van der Waals surface area (Å²) >= 11 is 0. The zero-order valence-corrected chi connectivity index (χ0v) is 12.8. The molecule has 1 atom stereocenters. The number of carboxylic acid groups (broad SMARTS) is 1. The summed E-state index contributed by atoms with van der Waals surface area (Å²) in [5.74, 6) is -0.400. The van der Waals surface area contributed by atoms with E-state index in [9.17, 15) is 9.59 Å². The molecule has 0 bridgehead atoms. The summed E-state index contributed by atoms with van der Waals surface area (Å²) < 4.78 is 10.4. The first kappa shape index (κ1) is 16.4. The Morgan fingerprint density at radius 1 is 1.22 bits per heavy atom. The fraction of sp³-hybridized carbons (Fsp3) is 0.250. The Hall–Kier alpha value is -2.96. The van der Waals surface area contributed by atoms with Gasteiger partial charge in [0.1, 0.15) is 5.69 Å². The van der Waals surface area contributed by atoms with E-state index in [2.05, 4.69) is 10.3 Å². The number of carboxylic acids is 1. The summed E-state index contributed by atoms with van der Waals surface area (Å²) in [6.07, 6.45) is 1.37. The molecule has 1 unspecified atom stereocenters. The van der Waals surface area contributed by atoms with Crippen molar-refractivity contribution < 1.29 is 24.2 Å². The van der Waals surface area contributed by atoms with E-state index in [1.807, 2.05) is 0 Å². The van der Waals surface area contributed by atoms with E-state index in [-0.39, 0.29) is 12.3 Å². The summed E-state index contributed by atoms with van der Waals surface area (Å²) in [5.41, 5.74) is 0.978. The normalized spacial score (nSPS) is 11.6. The van der Waals surface area contributed by atoms with E-state index in [0.717, 1.165) is 0 Å². The zero-order chi connectivity index (χ0) is 16.8. The van der Waals surface area contributed by atoms with Crippen molar-refractivity contribution in [1.29, 1.82) is 0 Å². The molecule has 122 valence electrons. The van der Waals surface area contributed by atoms with Gasteiger partial charge < -0.3 is 24.9 Å². The molecule has 1 amide bonds. The van der Waals surface area contributed by atoms with Crippen LogP contribution in [0.15, 0.2) is 36.5 Å². The van der Waals surface area contributed by atoms with E-state index in [1.54, 1.807) is 36.5 Å². The van der Waals surface area contributed by atoms with Crippen LogP contribution in [0.3, 0.4) is 0 Å². The van der Waals surface area contributed by atoms with Crippen molar-refractivity contribution >= 4 is 11.9 Å². The van der Waals surface area contributed by atoms with Crippen molar-refractivity contribution in [3.8, 4) is 11.5 Å². The lowest BCUT2D eigenvalue weighted by Gasteiger charge is -2.18. The number of aromatic amines is 1. The molecule has 0 spiro atoms. The highest BCUT2D eigenvalue weighted by molar-refractivity contribution is 5.92. The van der Waals surface area contributed by atoms with Crippen LogP contribution in [0.4, 0.5) is 0 Å². The topological polar surface area (TPSA) is 101 Å². The molecule has 0 saturated carbocycles. The van der Waals surface area contributed by atoms with Gasteiger partial charge in [0.25, 0.3) is 5.91 Å². The average molecular weight is 318 g/mol. The number of ether oxygens (including phenoxy) is 2. The Morgan fingerprint density at radius 2 is 1.96 bits per heavy atom. The molecule has 23 heavy (non-hydrogen) atoms. The molecule has 0 saturated heterocycles. The first-order valence-corrected chi connectivity index (χ1v) is 6.93. The van der Waals surface area contributed by atoms with Gasteiger partial charge in [-0.25, -0.2) is 0 Å². The maximum atomic E-state index is 12.2. The van der Waals surface area contributed by atoms with Gasteiger partial charge in [-0.1, -0.05) is 6.07 Å². The number of nitrogens with one attached hydrogen (secondary N) is 2. The summed E-state index contributed by atoms with van der Waals surface area (Å²) in [4.78, 5) is 26.1. The second-order valence-corrected chi connectivity index (χ2v) is 4.82. The van der Waals surface area contributed by atoms with Gasteiger partial charge in [0.05, 0.1) is 26.7 Å². The Bertz CT molecular complexity index is 682. The molecule has 2 aromatic rings. The van der Waals surface area contributed by atoms with Gasteiger partial charge in [-0.05, 0) is 29.8 Å². The molecule has 3 N–H and O–H groups in total. The largest absolute Gasteiger partial charge is 0.493 e. The van der Waals surface area contributed by atoms with Gasteiger partial charge >= 0.3 is 5.97 Å². The third-order valence-corrected chi connectivity index (χ3v) is 3.34. The van der Waals surface area contributed by atoms with Gasteiger partial charge in [0.2, 0.25) is 0 Å². The minimum absolute atomic E-state index is 0.248. The summed E-state index contributed by atoms with van der Waals surface area (Å²) in [5, 5.41) is 11.8. The number of carbonyl (C=O) groups excluding carboxylic acids is 1. The van der Waals surface area contributed by atoms with Crippen LogP contribution < -0.4 is 14.8 Å². The molecule has 0 radical (unpaired) electrons. The number of hydrogen-bond acceptors (Lipinski definition) is 4. The lowest BCUT2D eigenvalue weighted by Crippen LogP contribution is -2.30. The summed E-state index contributed by atoms with van der Waals surface area (Å²) in [6, 6.07) is 7.64. The van der Waals surface area contributed by atoms with Gasteiger partial charge in [-0.3, -0.25) is 9.59 Å². The fourth-order valence-electron chi connectivity index (χ4n) is 2.20. The Morgan fingerprint density at radius 3 is 2.52 bits per heavy atom. The van der Waals surface area contributed by atoms with Gasteiger partial charge in [0, 0.05) is 6.20 Å². The highest BCUT2D eigenvalue weighted by atomic mass is 16.5. The first-order chi connectivity index (χ1) is 11.0. The van der Waals surface area contributed by atoms with Crippen LogP contribution in [0.1, 0.15) is 28.5 Å². The maximum Gasteiger partial charge on any atom is 0.305 e. The summed E-state index contributed by atoms with van der Waals surface area (Å²) in [6.45, 7) is 0. The van der Waals surface area contributed by atoms with Gasteiger partial charge in [-0.15, -0.1) is 0 Å². The third-order valence-electron chi connectivity index (χ3n) is 3.34. The standard InChI is InChI=1S/C16H18N2O5/c1-22-13-6-5-10(8-14(13)23-2)12(9-15(19)20)18-16(21)11-4-3-7-17-11/h3-8,12,17H,9H2,1-2H3,(H,18,21)(H,19,20). The van der Waals surface area contributed by atoms with E-state index in [0.29, 0.717) is 22.8 Å². The predicted molar refractivity (Wildman–Crippen MR) is 82.8 cm³/mol. The molecule has 0 fully saturated rings. The lowest BCUT2D eigenvalue weighted by molar-refractivity contribution is -0.137. The third kappa shape index (κ3) is 4.03. The minimum Gasteiger partial charge on any atom is -0.493 e. The number of aliphatic carboxylic acids is 1. The molecule has 0 aliphatic heterocycles. The van der Waals surface area contributed by atoms with Gasteiger partial charge in [-0.2, -0.15) is 0 Å². The highest BCUT2D eigenvalue weighted by Crippen LogP contribution is 2.31. The minimum atomic E-state index is -1.02. The number of benzene rings is 1. The van der Waals surface area contributed by atoms with Gasteiger partial charge in [0.15, 0.2) is 11.5 Å². The molecular weight excluding hydrogens is 300 g/mol. The molecule has 1 heterocycles. The van der Waals surface area contributed by atoms with Crippen molar-refractivity contribution in [1.82, 2.24) is 10.3 Å². The molecule has 2 rings (SSSR count). The summed E-state index contributed by atoms with van der Waals surface area (Å²) in [7, 11) is 3.00. The SMILES string of the molecule is COc1ccc(C(CC(=O)O)NC(=O)c2ccc[nH]2)cc1OC. The van der Waals surface area contributed by atoms with Crippen LogP contribution in [0.25, 0.3) is 0 Å². The van der Waals surface area contributed by atoms with E-state index < -0.39 is 12.0 Å². The van der Waals surface area contributed by atoms with Crippen molar-refractivity contribution in [2.24, 2.45) is 0 Å². The molecule has 1 aromatic carbocycles. The second-order valence-electron chi connectivity index (χ2n) is 4.82. The molecule has 7 heteroatoms. The van der Waals surface area contributed by atoms with Crippen molar-refractivity contribution in [3.05, 3.63) is 47.8 Å². The van der Waals surface area contributed by atoms with Crippen LogP contribution in [0, 0.1) is 0 Å². The second kappa shape index (κ2) is 7.35. The number of aromatic nitrogens is 1. The quantitative estimate of drug-likeness (QED) is 0.724. The maximum absolute atomic E-state index is 12.2. The number of methoxy groups -OCH3 is 2. The first-order valence-electron chi connectivity index (χ1n) is 6.93. The number of hydrogen-bond donors (Lipinski definition) is 3. The number of rotatable bonds is 7. The van der Waals surface area contributed by atoms with Crippen molar-refractivity contribution in [2.45, 2.75) is 12.5 Å². The molecule has 1 aromatic heterocycles. The highest BCUT2D eigenvalue weighted by Gasteiger charge is 2.20. The zero-order valence-electron chi connectivity index (χ0n) is 12.8. The number of amides is 1. The van der Waals surface area contributed by atoms with E-state index in [4.69, 9.17) is 14.6 Å². The molecule has 0 aliphatic carbocycles. The average Bonchev–Trinajstić information content (AvgIpc) is 3.07. The lowest BCUT2D eigenvalue weighted by atomic mass is 10.0. The van der Waals surface area contributed by atoms with E-state index >= 15 is 0 Å². The number of H-pyrrole nitrogens is 1. The van der Waals surface area contributed by atoms with Crippen molar-refractivity contribution in [3.63, 3.8) is 0 Å². The molecule has 0 aliphatic rings. The predicted octanol–water partition coefficient (Wildman–Crippen LogP) is 1.98. The monoisotopic (exact) mass is 318 g/mol. The van der Waals surface area contributed by atoms with E-state index in [1.165, 1.54) is 14.2 Å². The van der Waals surface area contributed by atoms with Crippen molar-refractivity contribution in [2.75, 3.05) is 14.2 Å². The fourth-order valence-corrected chi connectivity index (χ4v) is 2.20.